The lowest BCUT2D eigenvalue weighted by Crippen LogP contribution is -2.15. The van der Waals surface area contributed by atoms with Gasteiger partial charge in [-0.1, -0.05) is 109 Å². The molecule has 12 aromatic rings. The molecule has 0 radical (unpaired) electrons. The molecule has 8 aromatic carbocycles. The van der Waals surface area contributed by atoms with Gasteiger partial charge in [0.15, 0.2) is 11.6 Å². The molecule has 0 saturated heterocycles. The normalized spacial score (nSPS) is 11.8. The summed E-state index contributed by atoms with van der Waals surface area (Å²) in [7, 11) is 0. The number of rotatable bonds is 6. The molecule has 0 fully saturated rings. The predicted molar refractivity (Wildman–Crippen MR) is 249 cm³/mol. The van der Waals surface area contributed by atoms with E-state index >= 15 is 0 Å². The fourth-order valence-corrected chi connectivity index (χ4v) is 11.5. The van der Waals surface area contributed by atoms with Gasteiger partial charge in [-0.25, -0.2) is 4.98 Å². The first-order chi connectivity index (χ1) is 28.7. The van der Waals surface area contributed by atoms with Crippen molar-refractivity contribution in [2.45, 2.75) is 0 Å². The predicted octanol–water partition coefficient (Wildman–Crippen LogP) is 15.4. The molecule has 7 heteroatoms. The van der Waals surface area contributed by atoms with Crippen LogP contribution in [0.15, 0.2) is 182 Å². The highest BCUT2D eigenvalue weighted by molar-refractivity contribution is 7.27. The summed E-state index contributed by atoms with van der Waals surface area (Å²) in [5.74, 6) is 1.81. The lowest BCUT2D eigenvalue weighted by molar-refractivity contribution is 1.03. The van der Waals surface area contributed by atoms with Crippen molar-refractivity contribution >= 4 is 112 Å². The lowest BCUT2D eigenvalue weighted by Gasteiger charge is -2.25. The van der Waals surface area contributed by atoms with E-state index in [0.29, 0.717) is 17.6 Å². The maximum Gasteiger partial charge on any atom is 0.238 e. The largest absolute Gasteiger partial charge is 0.278 e. The Hall–Kier alpha value is -6.77. The molecule has 272 valence electrons. The maximum atomic E-state index is 5.41. The molecule has 12 rings (SSSR count). The number of hydrogen-bond acceptors (Lipinski definition) is 7. The monoisotopic (exact) mass is 794 g/mol. The van der Waals surface area contributed by atoms with Crippen LogP contribution < -0.4 is 4.90 Å². The summed E-state index contributed by atoms with van der Waals surface area (Å²) < 4.78 is 7.44. The van der Waals surface area contributed by atoms with E-state index in [1.54, 1.807) is 11.3 Å². The summed E-state index contributed by atoms with van der Waals surface area (Å²) in [5, 5.41) is 7.35. The third kappa shape index (κ3) is 5.50. The Morgan fingerprint density at radius 1 is 0.328 bits per heavy atom. The molecule has 0 aliphatic rings. The molecule has 0 saturated carbocycles. The second-order valence-electron chi connectivity index (χ2n) is 14.4. The highest BCUT2D eigenvalue weighted by Gasteiger charge is 2.23. The molecule has 0 aliphatic carbocycles. The molecule has 4 nitrogen and oxygen atoms in total. The summed E-state index contributed by atoms with van der Waals surface area (Å²) in [5.41, 5.74) is 6.20. The number of nitrogens with zero attached hydrogens (tertiary/aromatic N) is 4. The number of anilines is 3. The molecular weight excluding hydrogens is 765 g/mol. The van der Waals surface area contributed by atoms with Crippen molar-refractivity contribution in [2.24, 2.45) is 0 Å². The lowest BCUT2D eigenvalue weighted by atomic mass is 10.1. The van der Waals surface area contributed by atoms with Gasteiger partial charge in [0.2, 0.25) is 5.95 Å². The third-order valence-corrected chi connectivity index (χ3v) is 14.5. The van der Waals surface area contributed by atoms with Crippen molar-refractivity contribution in [3.8, 4) is 33.9 Å². The second-order valence-corrected chi connectivity index (χ2v) is 17.6. The number of fused-ring (bicyclic) bond motifs is 9. The van der Waals surface area contributed by atoms with Crippen LogP contribution in [0.25, 0.3) is 94.4 Å². The van der Waals surface area contributed by atoms with E-state index in [9.17, 15) is 0 Å². The number of thiophene rings is 3. The third-order valence-electron chi connectivity index (χ3n) is 11.0. The maximum absolute atomic E-state index is 5.41. The Bertz CT molecular complexity index is 3400. The van der Waals surface area contributed by atoms with Gasteiger partial charge in [-0.05, 0) is 83.9 Å². The number of benzene rings is 8. The topological polar surface area (TPSA) is 41.9 Å². The molecule has 58 heavy (non-hydrogen) atoms. The van der Waals surface area contributed by atoms with Crippen LogP contribution >= 0.6 is 34.0 Å². The van der Waals surface area contributed by atoms with Crippen LogP contribution in [0.1, 0.15) is 0 Å². The smallest absolute Gasteiger partial charge is 0.238 e. The Kier molecular flexibility index (Phi) is 7.72. The average molecular weight is 795 g/mol. The number of hydrogen-bond donors (Lipinski definition) is 0. The van der Waals surface area contributed by atoms with E-state index in [-0.39, 0.29) is 0 Å². The van der Waals surface area contributed by atoms with Gasteiger partial charge in [0.25, 0.3) is 0 Å². The molecule has 0 atom stereocenters. The van der Waals surface area contributed by atoms with E-state index in [4.69, 9.17) is 15.0 Å². The molecule has 0 bridgehead atoms. The Morgan fingerprint density at radius 2 is 0.793 bits per heavy atom. The highest BCUT2D eigenvalue weighted by atomic mass is 32.1. The Balaban J connectivity index is 1.12. The van der Waals surface area contributed by atoms with E-state index in [1.807, 2.05) is 22.7 Å². The van der Waals surface area contributed by atoms with E-state index in [1.165, 1.54) is 66.1 Å². The highest BCUT2D eigenvalue weighted by Crippen LogP contribution is 2.45. The van der Waals surface area contributed by atoms with Crippen molar-refractivity contribution in [2.75, 3.05) is 4.90 Å². The van der Waals surface area contributed by atoms with E-state index in [2.05, 4.69) is 187 Å². The molecule has 0 unspecified atom stereocenters. The first-order valence-corrected chi connectivity index (χ1v) is 21.6. The number of aromatic nitrogens is 3. The minimum atomic E-state index is 0.558. The van der Waals surface area contributed by atoms with Crippen LogP contribution in [0.2, 0.25) is 0 Å². The van der Waals surface area contributed by atoms with E-state index in [0.717, 1.165) is 28.1 Å². The first-order valence-electron chi connectivity index (χ1n) is 19.2. The van der Waals surface area contributed by atoms with Gasteiger partial charge >= 0.3 is 0 Å². The van der Waals surface area contributed by atoms with Gasteiger partial charge in [-0.3, -0.25) is 4.90 Å². The van der Waals surface area contributed by atoms with Crippen LogP contribution in [0, 0.1) is 0 Å². The van der Waals surface area contributed by atoms with Crippen molar-refractivity contribution in [3.63, 3.8) is 0 Å². The standard InChI is InChI=1S/C51H30N4S3/c1-2-11-31(12-3-1)32-21-25-35(26-22-32)55(42-17-10-16-39-36-13-4-9-20-45(36)58-48(39)42)51-53-49(33-23-27-46-40(29-33)37-14-5-7-18-43(37)56-46)52-50(54-51)34-24-28-47-41(30-34)38-15-6-8-19-44(38)57-47/h1-30H. The average Bonchev–Trinajstić information content (AvgIpc) is 3.98. The van der Waals surface area contributed by atoms with Gasteiger partial charge in [-0.2, -0.15) is 9.97 Å². The zero-order valence-corrected chi connectivity index (χ0v) is 33.3. The fourth-order valence-electron chi connectivity index (χ4n) is 8.16. The van der Waals surface area contributed by atoms with Crippen LogP contribution in [0.5, 0.6) is 0 Å². The van der Waals surface area contributed by atoms with Crippen LogP contribution in [-0.4, -0.2) is 15.0 Å². The minimum absolute atomic E-state index is 0.558. The van der Waals surface area contributed by atoms with Crippen LogP contribution in [0.3, 0.4) is 0 Å². The van der Waals surface area contributed by atoms with Gasteiger partial charge in [0.05, 0.1) is 10.4 Å². The molecule has 0 aliphatic heterocycles. The van der Waals surface area contributed by atoms with Crippen molar-refractivity contribution in [3.05, 3.63) is 182 Å². The molecule has 0 spiro atoms. The summed E-state index contributed by atoms with van der Waals surface area (Å²) in [6.07, 6.45) is 0. The van der Waals surface area contributed by atoms with E-state index < -0.39 is 0 Å². The molecule has 4 aromatic heterocycles. The zero-order chi connectivity index (χ0) is 38.2. The van der Waals surface area contributed by atoms with Gasteiger partial charge in [0.1, 0.15) is 0 Å². The van der Waals surface area contributed by atoms with Crippen molar-refractivity contribution in [1.82, 2.24) is 15.0 Å². The van der Waals surface area contributed by atoms with Crippen LogP contribution in [0.4, 0.5) is 17.3 Å². The molecule has 0 N–H and O–H groups in total. The Morgan fingerprint density at radius 3 is 1.40 bits per heavy atom. The summed E-state index contributed by atoms with van der Waals surface area (Å²) >= 11 is 5.43. The van der Waals surface area contributed by atoms with Crippen molar-refractivity contribution in [1.29, 1.82) is 0 Å². The van der Waals surface area contributed by atoms with Gasteiger partial charge < -0.3 is 0 Å². The fraction of sp³-hybridized carbons (Fsp3) is 0. The summed E-state index contributed by atoms with van der Waals surface area (Å²) in [6.45, 7) is 0. The van der Waals surface area contributed by atoms with Gasteiger partial charge in [-0.15, -0.1) is 34.0 Å². The van der Waals surface area contributed by atoms with Crippen molar-refractivity contribution < 1.29 is 0 Å². The van der Waals surface area contributed by atoms with Crippen LogP contribution in [-0.2, 0) is 0 Å². The molecule has 0 amide bonds. The summed E-state index contributed by atoms with van der Waals surface area (Å²) in [4.78, 5) is 18.3. The molecular formula is C51H30N4S3. The second kappa shape index (κ2) is 13.4. The quantitative estimate of drug-likeness (QED) is 0.168. The summed E-state index contributed by atoms with van der Waals surface area (Å²) in [6, 6.07) is 64.9. The SMILES string of the molecule is c1ccc(-c2ccc(N(c3nc(-c4ccc5sc6ccccc6c5c4)nc(-c4ccc5sc6ccccc6c5c4)n3)c3cccc4c3sc3ccccc34)cc2)cc1. The first kappa shape index (κ1) is 33.4. The zero-order valence-electron chi connectivity index (χ0n) is 30.8. The Labute approximate surface area is 345 Å². The van der Waals surface area contributed by atoms with Gasteiger partial charge in [0, 0.05) is 72.6 Å². The minimum Gasteiger partial charge on any atom is -0.278 e. The molecule has 4 heterocycles.